The highest BCUT2D eigenvalue weighted by molar-refractivity contribution is 5.88. The number of hydrogen-bond donors (Lipinski definition) is 1. The van der Waals surface area contributed by atoms with Crippen LogP contribution < -0.4 is 10.1 Å². The van der Waals surface area contributed by atoms with Crippen molar-refractivity contribution in [2.45, 2.75) is 43.9 Å². The fraction of sp³-hybridized carbons (Fsp3) is 0.455. The fourth-order valence-corrected chi connectivity index (χ4v) is 4.52. The van der Waals surface area contributed by atoms with Crippen LogP contribution in [0.5, 0.6) is 5.75 Å². The maximum absolute atomic E-state index is 13.1. The number of aryl methyl sites for hydroxylation is 1. The predicted octanol–water partition coefficient (Wildman–Crippen LogP) is 4.53. The summed E-state index contributed by atoms with van der Waals surface area (Å²) in [5.41, 5.74) is 1.56. The van der Waals surface area contributed by atoms with Crippen molar-refractivity contribution in [3.05, 3.63) is 47.3 Å². The minimum absolute atomic E-state index is 0. The number of nitrogens with one attached hydrogen (secondary N) is 1. The molecule has 9 heteroatoms. The number of rotatable bonds is 3. The monoisotopic (exact) mass is 455 g/mol. The van der Waals surface area contributed by atoms with Gasteiger partial charge in [-0.05, 0) is 56.0 Å². The molecular weight excluding hydrogens is 431 g/mol. The average Bonchev–Trinajstić information content (AvgIpc) is 3.26. The van der Waals surface area contributed by atoms with E-state index in [1.54, 1.807) is 4.90 Å². The number of nitrogens with zero attached hydrogens (tertiary/aromatic N) is 2. The number of likely N-dealkylation sites (tertiary alicyclic amines) is 1. The Kier molecular flexibility index (Phi) is 6.26. The molecule has 4 rings (SSSR count). The number of methoxy groups -OCH3 is 1. The van der Waals surface area contributed by atoms with Crippen LogP contribution in [0.2, 0.25) is 0 Å². The molecule has 168 valence electrons. The molecule has 31 heavy (non-hydrogen) atoms. The van der Waals surface area contributed by atoms with Gasteiger partial charge in [0.05, 0.1) is 24.4 Å². The van der Waals surface area contributed by atoms with Gasteiger partial charge in [-0.15, -0.1) is 12.4 Å². The van der Waals surface area contributed by atoms with Crippen LogP contribution in [-0.2, 0) is 11.0 Å². The quantitative estimate of drug-likeness (QED) is 0.738. The van der Waals surface area contributed by atoms with Crippen LogP contribution in [0.1, 0.15) is 42.3 Å². The Morgan fingerprint density at radius 2 is 1.97 bits per heavy atom. The summed E-state index contributed by atoms with van der Waals surface area (Å²) in [6, 6.07) is 7.12. The topological polar surface area (TPSA) is 54.5 Å². The van der Waals surface area contributed by atoms with Gasteiger partial charge >= 0.3 is 6.18 Å². The zero-order valence-corrected chi connectivity index (χ0v) is 18.4. The number of alkyl halides is 3. The summed E-state index contributed by atoms with van der Waals surface area (Å²) in [6.07, 6.45) is -2.15. The van der Waals surface area contributed by atoms with Crippen LogP contribution in [0.25, 0.3) is 11.1 Å². The van der Waals surface area contributed by atoms with Crippen molar-refractivity contribution < 1.29 is 22.7 Å². The first-order valence-corrected chi connectivity index (χ1v) is 9.90. The first-order chi connectivity index (χ1) is 14.1. The summed E-state index contributed by atoms with van der Waals surface area (Å²) in [4.78, 5) is 19.0. The van der Waals surface area contributed by atoms with Gasteiger partial charge in [0.1, 0.15) is 11.3 Å². The third kappa shape index (κ3) is 4.23. The lowest BCUT2D eigenvalue weighted by Gasteiger charge is -2.23. The van der Waals surface area contributed by atoms with Crippen molar-refractivity contribution in [1.82, 2.24) is 15.2 Å². The van der Waals surface area contributed by atoms with Crippen LogP contribution in [0.4, 0.5) is 13.2 Å². The zero-order valence-electron chi connectivity index (χ0n) is 17.5. The van der Waals surface area contributed by atoms with Crippen LogP contribution in [0, 0.1) is 6.92 Å². The predicted molar refractivity (Wildman–Crippen MR) is 113 cm³/mol. The SMILES string of the molecule is COc1cc(C(F)(F)F)ccc1-c1cc(C)nc([C@H]2CC[C@]3(CCN(C)C3=O)N2)c1.Cl. The number of hydrogen-bond acceptors (Lipinski definition) is 4. The lowest BCUT2D eigenvalue weighted by molar-refractivity contribution is -0.137. The maximum atomic E-state index is 13.1. The Balaban J connectivity index is 0.00000272. The van der Waals surface area contributed by atoms with Gasteiger partial charge in [-0.2, -0.15) is 13.2 Å². The zero-order chi connectivity index (χ0) is 21.7. The number of pyridine rings is 1. The molecule has 0 unspecified atom stereocenters. The van der Waals surface area contributed by atoms with Gasteiger partial charge in [-0.25, -0.2) is 0 Å². The van der Waals surface area contributed by atoms with E-state index >= 15 is 0 Å². The number of benzene rings is 1. The molecule has 1 spiro atoms. The molecule has 0 radical (unpaired) electrons. The van der Waals surface area contributed by atoms with Crippen LogP contribution in [-0.4, -0.2) is 42.0 Å². The second kappa shape index (κ2) is 8.31. The van der Waals surface area contributed by atoms with E-state index < -0.39 is 17.3 Å². The largest absolute Gasteiger partial charge is 0.496 e. The number of halogens is 4. The second-order valence-corrected chi connectivity index (χ2v) is 8.13. The van der Waals surface area contributed by atoms with E-state index in [1.807, 2.05) is 26.1 Å². The van der Waals surface area contributed by atoms with Crippen molar-refractivity contribution >= 4 is 18.3 Å². The third-order valence-electron chi connectivity index (χ3n) is 6.11. The highest BCUT2D eigenvalue weighted by Gasteiger charge is 2.50. The molecule has 2 saturated heterocycles. The third-order valence-corrected chi connectivity index (χ3v) is 6.11. The molecule has 2 aliphatic rings. The van der Waals surface area contributed by atoms with Gasteiger partial charge in [-0.1, -0.05) is 6.07 Å². The van der Waals surface area contributed by atoms with E-state index in [4.69, 9.17) is 4.74 Å². The first-order valence-electron chi connectivity index (χ1n) is 9.90. The summed E-state index contributed by atoms with van der Waals surface area (Å²) in [7, 11) is 3.17. The highest BCUT2D eigenvalue weighted by Crippen LogP contribution is 2.41. The van der Waals surface area contributed by atoms with E-state index in [1.165, 1.54) is 13.2 Å². The summed E-state index contributed by atoms with van der Waals surface area (Å²) in [5.74, 6) is 0.270. The molecule has 0 aliphatic carbocycles. The molecular formula is C22H25ClF3N3O2. The van der Waals surface area contributed by atoms with Crippen molar-refractivity contribution in [3.63, 3.8) is 0 Å². The molecule has 1 N–H and O–H groups in total. The van der Waals surface area contributed by atoms with Crippen molar-refractivity contribution in [1.29, 1.82) is 0 Å². The Labute approximate surface area is 185 Å². The summed E-state index contributed by atoms with van der Waals surface area (Å²) >= 11 is 0. The lowest BCUT2D eigenvalue weighted by atomic mass is 9.96. The molecule has 0 saturated carbocycles. The molecule has 0 bridgehead atoms. The van der Waals surface area contributed by atoms with Gasteiger partial charge in [0.25, 0.3) is 0 Å². The number of likely N-dealkylation sites (N-methyl/N-ethyl adjacent to an activating group) is 1. The van der Waals surface area contributed by atoms with Gasteiger partial charge in [0.15, 0.2) is 0 Å². The van der Waals surface area contributed by atoms with Gasteiger partial charge in [0, 0.05) is 24.8 Å². The van der Waals surface area contributed by atoms with Gasteiger partial charge in [0.2, 0.25) is 5.91 Å². The Morgan fingerprint density at radius 1 is 1.23 bits per heavy atom. The molecule has 5 nitrogen and oxygen atoms in total. The lowest BCUT2D eigenvalue weighted by Crippen LogP contribution is -2.47. The van der Waals surface area contributed by atoms with Crippen molar-refractivity contribution in [2.75, 3.05) is 20.7 Å². The first kappa shape index (κ1) is 23.3. The van der Waals surface area contributed by atoms with Crippen LogP contribution >= 0.6 is 12.4 Å². The van der Waals surface area contributed by atoms with Gasteiger partial charge < -0.3 is 9.64 Å². The fourth-order valence-electron chi connectivity index (χ4n) is 4.52. The number of carbonyl (C=O) groups excluding carboxylic acids is 1. The second-order valence-electron chi connectivity index (χ2n) is 8.13. The highest BCUT2D eigenvalue weighted by atomic mass is 35.5. The average molecular weight is 456 g/mol. The molecule has 2 atom stereocenters. The van der Waals surface area contributed by atoms with E-state index in [9.17, 15) is 18.0 Å². The molecule has 2 aliphatic heterocycles. The maximum Gasteiger partial charge on any atom is 0.416 e. The number of aromatic nitrogens is 1. The number of carbonyl (C=O) groups is 1. The minimum Gasteiger partial charge on any atom is -0.496 e. The van der Waals surface area contributed by atoms with Crippen molar-refractivity contribution in [2.24, 2.45) is 0 Å². The smallest absolute Gasteiger partial charge is 0.416 e. The number of ether oxygens (including phenoxy) is 1. The standard InChI is InChI=1S/C22H24F3N3O2.ClH/c1-13-10-14(16-5-4-15(22(23,24)25)12-19(16)30-3)11-18(26-13)17-6-7-21(27-17)8-9-28(2)20(21)29;/h4-5,10-12,17,27H,6-9H2,1-3H3;1H/t17-,21-;/m1./s1. The molecule has 1 amide bonds. The van der Waals surface area contributed by atoms with Crippen LogP contribution in [0.3, 0.4) is 0 Å². The van der Waals surface area contributed by atoms with Gasteiger partial charge in [-0.3, -0.25) is 15.1 Å². The molecule has 2 fully saturated rings. The van der Waals surface area contributed by atoms with E-state index in [-0.39, 0.29) is 30.1 Å². The van der Waals surface area contributed by atoms with Crippen molar-refractivity contribution in [3.8, 4) is 16.9 Å². The Hall–Kier alpha value is -2.32. The minimum atomic E-state index is -4.44. The summed E-state index contributed by atoms with van der Waals surface area (Å²) in [5, 5.41) is 3.49. The molecule has 1 aromatic heterocycles. The van der Waals surface area contributed by atoms with E-state index in [0.29, 0.717) is 5.56 Å². The Bertz CT molecular complexity index is 998. The van der Waals surface area contributed by atoms with Crippen LogP contribution in [0.15, 0.2) is 30.3 Å². The van der Waals surface area contributed by atoms with E-state index in [2.05, 4.69) is 10.3 Å². The van der Waals surface area contributed by atoms with E-state index in [0.717, 1.165) is 54.9 Å². The summed E-state index contributed by atoms with van der Waals surface area (Å²) in [6.45, 7) is 2.58. The molecule has 2 aromatic rings. The normalized spacial score (nSPS) is 23.4. The Morgan fingerprint density at radius 3 is 2.58 bits per heavy atom. The number of amides is 1. The molecule has 3 heterocycles. The summed E-state index contributed by atoms with van der Waals surface area (Å²) < 4.78 is 44.5. The molecule has 1 aromatic carbocycles.